The Labute approximate surface area is 80.3 Å². The second kappa shape index (κ2) is 4.09. The average Bonchev–Trinajstić information content (AvgIpc) is 2.50. The van der Waals surface area contributed by atoms with E-state index in [1.807, 2.05) is 6.92 Å². The highest BCUT2D eigenvalue weighted by atomic mass is 16.1. The Balaban J connectivity index is 2.45. The van der Waals surface area contributed by atoms with Crippen molar-refractivity contribution in [3.8, 4) is 0 Å². The summed E-state index contributed by atoms with van der Waals surface area (Å²) in [5.74, 6) is 1.25. The fourth-order valence-electron chi connectivity index (χ4n) is 1.89. The molecule has 0 radical (unpaired) electrons. The third kappa shape index (κ3) is 2.44. The number of amides is 1. The maximum Gasteiger partial charge on any atom is 0.234 e. The standard InChI is InChI=1S/C10H20N2O/c1-7(2)9-4-5-12(6-9)8(3)10(11)13/h7-9H,4-6H2,1-3H3,(H2,11,13). The first-order chi connectivity index (χ1) is 6.02. The van der Waals surface area contributed by atoms with Gasteiger partial charge in [-0.15, -0.1) is 0 Å². The first-order valence-electron chi connectivity index (χ1n) is 5.05. The van der Waals surface area contributed by atoms with Gasteiger partial charge in [0.15, 0.2) is 0 Å². The van der Waals surface area contributed by atoms with Crippen LogP contribution in [0.1, 0.15) is 27.2 Å². The van der Waals surface area contributed by atoms with Gasteiger partial charge in [0.05, 0.1) is 6.04 Å². The van der Waals surface area contributed by atoms with Crippen LogP contribution in [0.25, 0.3) is 0 Å². The molecule has 0 aliphatic carbocycles. The Morgan fingerprint density at radius 2 is 2.08 bits per heavy atom. The third-order valence-corrected chi connectivity index (χ3v) is 3.16. The normalized spacial score (nSPS) is 26.6. The van der Waals surface area contributed by atoms with Crippen molar-refractivity contribution in [1.29, 1.82) is 0 Å². The van der Waals surface area contributed by atoms with Crippen LogP contribution < -0.4 is 5.73 Å². The molecule has 76 valence electrons. The van der Waals surface area contributed by atoms with Gasteiger partial charge >= 0.3 is 0 Å². The molecule has 3 nitrogen and oxygen atoms in total. The Kier molecular flexibility index (Phi) is 3.31. The van der Waals surface area contributed by atoms with Crippen LogP contribution in [-0.4, -0.2) is 29.9 Å². The summed E-state index contributed by atoms with van der Waals surface area (Å²) in [4.78, 5) is 13.1. The minimum Gasteiger partial charge on any atom is -0.368 e. The molecular formula is C10H20N2O. The quantitative estimate of drug-likeness (QED) is 0.706. The molecule has 0 spiro atoms. The fraction of sp³-hybridized carbons (Fsp3) is 0.900. The molecule has 1 aliphatic heterocycles. The fourth-order valence-corrected chi connectivity index (χ4v) is 1.89. The Bertz CT molecular complexity index is 191. The van der Waals surface area contributed by atoms with E-state index < -0.39 is 0 Å². The number of rotatable bonds is 3. The zero-order chi connectivity index (χ0) is 10.0. The predicted octanol–water partition coefficient (Wildman–Crippen LogP) is 0.838. The van der Waals surface area contributed by atoms with Gasteiger partial charge in [0.2, 0.25) is 5.91 Å². The van der Waals surface area contributed by atoms with Crippen molar-refractivity contribution in [2.75, 3.05) is 13.1 Å². The first kappa shape index (κ1) is 10.5. The Morgan fingerprint density at radius 3 is 2.46 bits per heavy atom. The number of nitrogens with zero attached hydrogens (tertiary/aromatic N) is 1. The molecule has 0 aromatic heterocycles. The molecule has 13 heavy (non-hydrogen) atoms. The molecule has 1 saturated heterocycles. The molecule has 1 rings (SSSR count). The zero-order valence-electron chi connectivity index (χ0n) is 8.79. The monoisotopic (exact) mass is 184 g/mol. The highest BCUT2D eigenvalue weighted by molar-refractivity contribution is 5.79. The van der Waals surface area contributed by atoms with Crippen molar-refractivity contribution in [3.05, 3.63) is 0 Å². The van der Waals surface area contributed by atoms with Crippen molar-refractivity contribution in [3.63, 3.8) is 0 Å². The number of nitrogens with two attached hydrogens (primary N) is 1. The summed E-state index contributed by atoms with van der Waals surface area (Å²) < 4.78 is 0. The SMILES string of the molecule is CC(C)C1CCN(C(C)C(N)=O)C1. The topological polar surface area (TPSA) is 46.3 Å². The summed E-state index contributed by atoms with van der Waals surface area (Å²) >= 11 is 0. The zero-order valence-corrected chi connectivity index (χ0v) is 8.79. The highest BCUT2D eigenvalue weighted by Crippen LogP contribution is 2.24. The molecule has 2 N–H and O–H groups in total. The second-order valence-electron chi connectivity index (χ2n) is 4.37. The molecule has 1 aliphatic rings. The van der Waals surface area contributed by atoms with Gasteiger partial charge in [-0.2, -0.15) is 0 Å². The van der Waals surface area contributed by atoms with Crippen LogP contribution in [0.2, 0.25) is 0 Å². The molecule has 1 heterocycles. The molecular weight excluding hydrogens is 164 g/mol. The summed E-state index contributed by atoms with van der Waals surface area (Å²) in [6.45, 7) is 8.42. The lowest BCUT2D eigenvalue weighted by Crippen LogP contribution is -2.41. The van der Waals surface area contributed by atoms with Crippen molar-refractivity contribution < 1.29 is 4.79 Å². The van der Waals surface area contributed by atoms with E-state index in [1.165, 1.54) is 6.42 Å². The summed E-state index contributed by atoms with van der Waals surface area (Å²) in [6.07, 6.45) is 1.20. The number of primary amides is 1. The number of carbonyl (C=O) groups excluding carboxylic acids is 1. The minimum atomic E-state index is -0.204. The van der Waals surface area contributed by atoms with Crippen molar-refractivity contribution in [2.24, 2.45) is 17.6 Å². The van der Waals surface area contributed by atoms with Gasteiger partial charge in [0.25, 0.3) is 0 Å². The summed E-state index contributed by atoms with van der Waals surface area (Å²) in [5, 5.41) is 0. The van der Waals surface area contributed by atoms with Crippen LogP contribution in [0, 0.1) is 11.8 Å². The van der Waals surface area contributed by atoms with Crippen LogP contribution in [-0.2, 0) is 4.79 Å². The smallest absolute Gasteiger partial charge is 0.234 e. The molecule has 2 atom stereocenters. The van der Waals surface area contributed by atoms with E-state index in [-0.39, 0.29) is 11.9 Å². The van der Waals surface area contributed by atoms with Crippen molar-refractivity contribution in [2.45, 2.75) is 33.2 Å². The molecule has 3 heteroatoms. The lowest BCUT2D eigenvalue weighted by molar-refractivity contribution is -0.122. The van der Waals surface area contributed by atoms with Gasteiger partial charge in [-0.05, 0) is 31.7 Å². The van der Waals surface area contributed by atoms with Crippen LogP contribution in [0.4, 0.5) is 0 Å². The molecule has 0 aromatic carbocycles. The van der Waals surface area contributed by atoms with Crippen LogP contribution in [0.3, 0.4) is 0 Å². The Hall–Kier alpha value is -0.570. The van der Waals surface area contributed by atoms with E-state index >= 15 is 0 Å². The summed E-state index contributed by atoms with van der Waals surface area (Å²) in [5.41, 5.74) is 5.26. The van der Waals surface area contributed by atoms with Gasteiger partial charge in [0, 0.05) is 6.54 Å². The molecule has 0 bridgehead atoms. The lowest BCUT2D eigenvalue weighted by atomic mass is 9.95. The highest BCUT2D eigenvalue weighted by Gasteiger charge is 2.29. The van der Waals surface area contributed by atoms with Crippen LogP contribution >= 0.6 is 0 Å². The summed E-state index contributed by atoms with van der Waals surface area (Å²) in [7, 11) is 0. The largest absolute Gasteiger partial charge is 0.368 e. The average molecular weight is 184 g/mol. The maximum absolute atomic E-state index is 10.9. The van der Waals surface area contributed by atoms with Crippen LogP contribution in [0.15, 0.2) is 0 Å². The number of hydrogen-bond donors (Lipinski definition) is 1. The lowest BCUT2D eigenvalue weighted by Gasteiger charge is -2.22. The van der Waals surface area contributed by atoms with E-state index in [2.05, 4.69) is 18.7 Å². The third-order valence-electron chi connectivity index (χ3n) is 3.16. The van der Waals surface area contributed by atoms with E-state index in [0.717, 1.165) is 19.0 Å². The molecule has 1 amide bonds. The number of hydrogen-bond acceptors (Lipinski definition) is 2. The number of carbonyl (C=O) groups is 1. The van der Waals surface area contributed by atoms with Gasteiger partial charge in [-0.1, -0.05) is 13.8 Å². The maximum atomic E-state index is 10.9. The second-order valence-corrected chi connectivity index (χ2v) is 4.37. The van der Waals surface area contributed by atoms with Gasteiger partial charge in [0.1, 0.15) is 0 Å². The van der Waals surface area contributed by atoms with E-state index in [4.69, 9.17) is 5.73 Å². The van der Waals surface area contributed by atoms with Gasteiger partial charge in [-0.3, -0.25) is 9.69 Å². The first-order valence-corrected chi connectivity index (χ1v) is 5.05. The minimum absolute atomic E-state index is 0.0938. The van der Waals surface area contributed by atoms with Crippen molar-refractivity contribution in [1.82, 2.24) is 4.90 Å². The summed E-state index contributed by atoms with van der Waals surface area (Å²) in [6, 6.07) is -0.0938. The van der Waals surface area contributed by atoms with E-state index in [1.54, 1.807) is 0 Å². The molecule has 2 unspecified atom stereocenters. The molecule has 0 saturated carbocycles. The number of likely N-dealkylation sites (tertiary alicyclic amines) is 1. The van der Waals surface area contributed by atoms with Crippen molar-refractivity contribution >= 4 is 5.91 Å². The van der Waals surface area contributed by atoms with E-state index in [0.29, 0.717) is 5.92 Å². The molecule has 0 aromatic rings. The van der Waals surface area contributed by atoms with Gasteiger partial charge < -0.3 is 5.73 Å². The molecule has 1 fully saturated rings. The predicted molar refractivity (Wildman–Crippen MR) is 53.2 cm³/mol. The van der Waals surface area contributed by atoms with E-state index in [9.17, 15) is 4.79 Å². The Morgan fingerprint density at radius 1 is 1.46 bits per heavy atom. The van der Waals surface area contributed by atoms with Crippen LogP contribution in [0.5, 0.6) is 0 Å². The van der Waals surface area contributed by atoms with Gasteiger partial charge in [-0.25, -0.2) is 0 Å².